The number of amides is 2. The van der Waals surface area contributed by atoms with Gasteiger partial charge in [-0.1, -0.05) is 13.8 Å². The number of hydroxylamine groups is 1. The SMILES string of the molecule is CC(NC(=O)C(NOC(=O)OCC([SiH3])([SiH3])[SiH3])C(C)C)C(N)=O. The third kappa shape index (κ3) is 8.96. The van der Waals surface area contributed by atoms with Crippen LogP contribution in [0, 0.1) is 5.92 Å². The first-order chi connectivity index (χ1) is 9.94. The molecule has 128 valence electrons. The lowest BCUT2D eigenvalue weighted by Crippen LogP contribution is -2.53. The van der Waals surface area contributed by atoms with Crippen LogP contribution in [0.5, 0.6) is 0 Å². The lowest BCUT2D eigenvalue weighted by atomic mass is 10.0. The maximum absolute atomic E-state index is 12.0. The molecule has 2 amide bonds. The summed E-state index contributed by atoms with van der Waals surface area (Å²) in [6.07, 6.45) is -0.853. The summed E-state index contributed by atoms with van der Waals surface area (Å²) in [7, 11) is 2.96. The average molecular weight is 366 g/mol. The highest BCUT2D eigenvalue weighted by molar-refractivity contribution is 6.59. The first-order valence-electron chi connectivity index (χ1n) is 7.13. The third-order valence-electron chi connectivity index (χ3n) is 2.63. The fraction of sp³-hybridized carbons (Fsp3) is 0.727. The van der Waals surface area contributed by atoms with Crippen molar-refractivity contribution in [2.45, 2.75) is 37.1 Å². The van der Waals surface area contributed by atoms with Crippen molar-refractivity contribution in [1.82, 2.24) is 10.8 Å². The Hall–Kier alpha value is -1.18. The predicted octanol–water partition coefficient (Wildman–Crippen LogP) is -4.17. The quantitative estimate of drug-likeness (QED) is 0.228. The van der Waals surface area contributed by atoms with Crippen molar-refractivity contribution < 1.29 is 24.0 Å². The van der Waals surface area contributed by atoms with E-state index >= 15 is 0 Å². The molecule has 0 aliphatic rings. The second-order valence-electron chi connectivity index (χ2n) is 6.67. The molecule has 8 nitrogen and oxygen atoms in total. The molecule has 0 rings (SSSR count). The number of hydrogen-bond donors (Lipinski definition) is 3. The Balaban J connectivity index is 4.44. The number of nitrogens with one attached hydrogen (secondary N) is 2. The summed E-state index contributed by atoms with van der Waals surface area (Å²) in [6, 6.07) is -1.61. The smallest absolute Gasteiger partial charge is 0.433 e. The molecule has 0 fully saturated rings. The molecule has 2 unspecified atom stereocenters. The number of carbonyl (C=O) groups is 3. The van der Waals surface area contributed by atoms with Gasteiger partial charge < -0.3 is 20.6 Å². The summed E-state index contributed by atoms with van der Waals surface area (Å²) in [4.78, 5) is 39.3. The number of ether oxygens (including phenoxy) is 1. The molecule has 2 atom stereocenters. The maximum Gasteiger partial charge on any atom is 0.527 e. The van der Waals surface area contributed by atoms with Gasteiger partial charge in [0.2, 0.25) is 11.8 Å². The molecular formula is C11H27N3O5Si3. The Morgan fingerprint density at radius 1 is 1.18 bits per heavy atom. The molecule has 0 aromatic heterocycles. The van der Waals surface area contributed by atoms with Gasteiger partial charge in [0.15, 0.2) is 0 Å². The van der Waals surface area contributed by atoms with E-state index in [0.717, 1.165) is 30.7 Å². The van der Waals surface area contributed by atoms with Gasteiger partial charge in [0.25, 0.3) is 0 Å². The van der Waals surface area contributed by atoms with Crippen molar-refractivity contribution in [3.8, 4) is 0 Å². The lowest BCUT2D eigenvalue weighted by Gasteiger charge is -2.23. The molecule has 0 saturated heterocycles. The van der Waals surface area contributed by atoms with Gasteiger partial charge in [-0.2, -0.15) is 0 Å². The molecule has 0 aliphatic carbocycles. The lowest BCUT2D eigenvalue weighted by molar-refractivity contribution is -0.131. The predicted molar refractivity (Wildman–Crippen MR) is 93.5 cm³/mol. The zero-order valence-corrected chi connectivity index (χ0v) is 20.1. The molecule has 0 saturated carbocycles. The topological polar surface area (TPSA) is 120 Å². The minimum absolute atomic E-state index is 0.164. The van der Waals surface area contributed by atoms with Crippen LogP contribution in [0.1, 0.15) is 20.8 Å². The van der Waals surface area contributed by atoms with Crippen LogP contribution >= 0.6 is 0 Å². The molecule has 0 aromatic carbocycles. The normalized spacial score (nSPS) is 16.7. The molecule has 0 heterocycles. The van der Waals surface area contributed by atoms with Crippen LogP contribution < -0.4 is 16.5 Å². The van der Waals surface area contributed by atoms with E-state index in [1.165, 1.54) is 6.92 Å². The van der Waals surface area contributed by atoms with E-state index < -0.39 is 30.1 Å². The molecule has 0 spiro atoms. The van der Waals surface area contributed by atoms with Crippen molar-refractivity contribution in [3.63, 3.8) is 0 Å². The Kier molecular flexibility index (Phi) is 8.58. The second-order valence-corrected chi connectivity index (χ2v) is 20.8. The van der Waals surface area contributed by atoms with Crippen molar-refractivity contribution >= 4 is 48.7 Å². The summed E-state index contributed by atoms with van der Waals surface area (Å²) >= 11 is 0. The van der Waals surface area contributed by atoms with Crippen molar-refractivity contribution in [2.75, 3.05) is 6.61 Å². The summed E-state index contributed by atoms with van der Waals surface area (Å²) in [5, 5.41) is 2.45. The number of carbonyl (C=O) groups excluding carboxylic acids is 3. The van der Waals surface area contributed by atoms with Gasteiger partial charge >= 0.3 is 6.16 Å². The Bertz CT molecular complexity index is 414. The number of rotatable bonds is 8. The van der Waals surface area contributed by atoms with E-state index in [9.17, 15) is 14.4 Å². The summed E-state index contributed by atoms with van der Waals surface area (Å²) in [5.41, 5.74) is 7.49. The van der Waals surface area contributed by atoms with E-state index in [1.807, 2.05) is 0 Å². The first-order valence-corrected chi connectivity index (χ1v) is 10.1. The van der Waals surface area contributed by atoms with Crippen LogP contribution in [0.15, 0.2) is 0 Å². The van der Waals surface area contributed by atoms with E-state index in [4.69, 9.17) is 15.3 Å². The molecule has 0 aliphatic heterocycles. The Morgan fingerprint density at radius 2 is 1.73 bits per heavy atom. The largest absolute Gasteiger partial charge is 0.527 e. The van der Waals surface area contributed by atoms with Gasteiger partial charge in [0.1, 0.15) is 12.1 Å². The molecule has 0 bridgehead atoms. The monoisotopic (exact) mass is 365 g/mol. The van der Waals surface area contributed by atoms with Gasteiger partial charge in [-0.25, -0.2) is 4.79 Å². The van der Waals surface area contributed by atoms with Gasteiger partial charge in [-0.3, -0.25) is 9.59 Å². The van der Waals surface area contributed by atoms with Crippen molar-refractivity contribution in [3.05, 3.63) is 0 Å². The van der Waals surface area contributed by atoms with Crippen LogP contribution in [-0.2, 0) is 19.2 Å². The maximum atomic E-state index is 12.0. The third-order valence-corrected chi connectivity index (χ3v) is 3.49. The van der Waals surface area contributed by atoms with Gasteiger partial charge in [0, 0.05) is 30.7 Å². The van der Waals surface area contributed by atoms with Gasteiger partial charge in [-0.05, 0) is 17.1 Å². The Labute approximate surface area is 139 Å². The zero-order chi connectivity index (χ0) is 17.5. The van der Waals surface area contributed by atoms with Crippen LogP contribution in [0.2, 0.25) is 4.28 Å². The fourth-order valence-electron chi connectivity index (χ4n) is 1.28. The summed E-state index contributed by atoms with van der Waals surface area (Å²) < 4.78 is 5.24. The zero-order valence-electron chi connectivity index (χ0n) is 14.1. The van der Waals surface area contributed by atoms with Gasteiger partial charge in [0.05, 0.1) is 6.61 Å². The second kappa shape index (κ2) is 9.07. The van der Waals surface area contributed by atoms with Crippen LogP contribution in [0.3, 0.4) is 0 Å². The molecule has 4 N–H and O–H groups in total. The molecule has 0 aromatic rings. The first kappa shape index (κ1) is 20.8. The minimum Gasteiger partial charge on any atom is -0.433 e. The minimum atomic E-state index is -0.853. The molecular weight excluding hydrogens is 338 g/mol. The molecule has 22 heavy (non-hydrogen) atoms. The number of primary amides is 1. The van der Waals surface area contributed by atoms with Crippen molar-refractivity contribution in [2.24, 2.45) is 11.7 Å². The van der Waals surface area contributed by atoms with E-state index in [1.54, 1.807) is 13.8 Å². The fourth-order valence-corrected chi connectivity index (χ4v) is 1.72. The highest BCUT2D eigenvalue weighted by atomic mass is 28.3. The summed E-state index contributed by atoms with van der Waals surface area (Å²) in [6.45, 7) is 5.40. The van der Waals surface area contributed by atoms with Crippen LogP contribution in [0.25, 0.3) is 0 Å². The highest BCUT2D eigenvalue weighted by Crippen LogP contribution is 2.09. The van der Waals surface area contributed by atoms with Crippen LogP contribution in [0.4, 0.5) is 4.79 Å². The highest BCUT2D eigenvalue weighted by Gasteiger charge is 2.26. The van der Waals surface area contributed by atoms with E-state index in [0.29, 0.717) is 6.61 Å². The van der Waals surface area contributed by atoms with Crippen LogP contribution in [-0.4, -0.2) is 67.4 Å². The average Bonchev–Trinajstić information content (AvgIpc) is 2.35. The standard InChI is InChI=1S/C11H27N3O5Si3/c1-5(2)7(9(16)13-6(3)8(12)15)14-19-10(17)18-4-11(20,21)22/h5-7,14H,4H2,1-3,20-22H3,(H2,12,15)(H,13,16). The Morgan fingerprint density at radius 3 is 2.14 bits per heavy atom. The van der Waals surface area contributed by atoms with Gasteiger partial charge in [-0.15, -0.1) is 5.48 Å². The van der Waals surface area contributed by atoms with E-state index in [-0.39, 0.29) is 10.2 Å². The number of hydrogen-bond acceptors (Lipinski definition) is 6. The van der Waals surface area contributed by atoms with E-state index in [2.05, 4.69) is 10.8 Å². The van der Waals surface area contributed by atoms with Crippen molar-refractivity contribution in [1.29, 1.82) is 0 Å². The molecule has 0 radical (unpaired) electrons. The number of nitrogens with two attached hydrogens (primary N) is 1. The summed E-state index contributed by atoms with van der Waals surface area (Å²) in [5.74, 6) is -1.28. The molecule has 11 heteroatoms.